The first-order valence-electron chi connectivity index (χ1n) is 8.16. The second-order valence-electron chi connectivity index (χ2n) is 5.97. The Kier molecular flexibility index (Phi) is 3.73. The van der Waals surface area contributed by atoms with E-state index in [1.54, 1.807) is 6.20 Å². The first-order chi connectivity index (χ1) is 12.1. The first-order valence-corrected chi connectivity index (χ1v) is 8.54. The molecule has 2 heterocycles. The minimum Gasteiger partial charge on any atom is -0.385 e. The van der Waals surface area contributed by atoms with Gasteiger partial charge in [0.15, 0.2) is 0 Å². The molecule has 2 aromatic heterocycles. The molecule has 0 aliphatic rings. The van der Waals surface area contributed by atoms with E-state index in [4.69, 9.17) is 17.3 Å². The van der Waals surface area contributed by atoms with Crippen LogP contribution in [-0.4, -0.2) is 20.9 Å². The monoisotopic (exact) mass is 351 g/mol. The van der Waals surface area contributed by atoms with E-state index in [1.165, 1.54) is 0 Å². The van der Waals surface area contributed by atoms with Gasteiger partial charge >= 0.3 is 0 Å². The fraction of sp³-hybridized carbons (Fsp3) is 0.158. The summed E-state index contributed by atoms with van der Waals surface area (Å²) >= 11 is 6.47. The van der Waals surface area contributed by atoms with E-state index in [2.05, 4.69) is 22.2 Å². The molecule has 0 amide bonds. The zero-order chi connectivity index (χ0) is 17.6. The predicted molar refractivity (Wildman–Crippen MR) is 104 cm³/mol. The quantitative estimate of drug-likeness (QED) is 0.569. The van der Waals surface area contributed by atoms with Gasteiger partial charge in [-0.05, 0) is 43.7 Å². The Balaban J connectivity index is 2.09. The summed E-state index contributed by atoms with van der Waals surface area (Å²) in [5.74, 6) is 1.22. The molecular formula is C19H18ClN5. The predicted octanol–water partition coefficient (Wildman–Crippen LogP) is 4.53. The zero-order valence-electron chi connectivity index (χ0n) is 14.0. The molecule has 4 rings (SSSR count). The van der Waals surface area contributed by atoms with E-state index >= 15 is 0 Å². The van der Waals surface area contributed by atoms with E-state index < -0.39 is 0 Å². The molecule has 0 bridgehead atoms. The number of aryl methyl sites for hydroxylation is 1. The molecule has 0 atom stereocenters. The van der Waals surface area contributed by atoms with Gasteiger partial charge in [0, 0.05) is 17.8 Å². The molecule has 5 nitrogen and oxygen atoms in total. The van der Waals surface area contributed by atoms with Crippen molar-refractivity contribution in [3.8, 4) is 11.4 Å². The largest absolute Gasteiger partial charge is 0.385 e. The standard InChI is InChI=1S/C19H18ClN5/c1-3-22-12-7-8-15-14(9-12)24-18(21)16-10-23-19(25(15)16)17-11(2)5-4-6-13(17)20/h4-10,22H,3H2,1-2H3,(H2,21,24). The highest BCUT2D eigenvalue weighted by Gasteiger charge is 2.17. The van der Waals surface area contributed by atoms with E-state index in [0.717, 1.165) is 45.7 Å². The molecule has 0 fully saturated rings. The number of aromatic nitrogens is 3. The number of anilines is 2. The minimum atomic E-state index is 0.449. The lowest BCUT2D eigenvalue weighted by Gasteiger charge is -2.12. The molecule has 6 heteroatoms. The maximum Gasteiger partial charge on any atom is 0.150 e. The molecule has 0 radical (unpaired) electrons. The Morgan fingerprint density at radius 1 is 1.20 bits per heavy atom. The number of benzene rings is 2. The number of fused-ring (bicyclic) bond motifs is 3. The highest BCUT2D eigenvalue weighted by Crippen LogP contribution is 2.33. The van der Waals surface area contributed by atoms with Crippen LogP contribution in [0.25, 0.3) is 27.9 Å². The smallest absolute Gasteiger partial charge is 0.150 e. The third-order valence-electron chi connectivity index (χ3n) is 4.31. The maximum atomic E-state index is 6.47. The van der Waals surface area contributed by atoms with Crippen LogP contribution in [0.1, 0.15) is 12.5 Å². The molecule has 25 heavy (non-hydrogen) atoms. The molecule has 0 aliphatic carbocycles. The average molecular weight is 352 g/mol. The molecule has 4 aromatic rings. The fourth-order valence-electron chi connectivity index (χ4n) is 3.17. The van der Waals surface area contributed by atoms with Gasteiger partial charge in [0.05, 0.1) is 22.3 Å². The van der Waals surface area contributed by atoms with Crippen LogP contribution in [0.5, 0.6) is 0 Å². The SMILES string of the molecule is CCNc1ccc2c(c1)nc(N)c1cnc(-c3c(C)cccc3Cl)n12. The molecule has 126 valence electrons. The molecule has 0 saturated heterocycles. The van der Waals surface area contributed by atoms with Crippen molar-refractivity contribution in [3.05, 3.63) is 53.2 Å². The van der Waals surface area contributed by atoms with Crippen LogP contribution >= 0.6 is 11.6 Å². The fourth-order valence-corrected chi connectivity index (χ4v) is 3.48. The molecule has 0 aliphatic heterocycles. The summed E-state index contributed by atoms with van der Waals surface area (Å²) in [4.78, 5) is 9.14. The highest BCUT2D eigenvalue weighted by molar-refractivity contribution is 6.33. The van der Waals surface area contributed by atoms with Gasteiger partial charge in [-0.15, -0.1) is 0 Å². The normalized spacial score (nSPS) is 11.3. The molecule has 3 N–H and O–H groups in total. The van der Waals surface area contributed by atoms with Crippen LogP contribution in [0.15, 0.2) is 42.6 Å². The summed E-state index contributed by atoms with van der Waals surface area (Å²) in [5.41, 5.74) is 11.7. The Morgan fingerprint density at radius 3 is 2.80 bits per heavy atom. The van der Waals surface area contributed by atoms with Crippen molar-refractivity contribution in [1.82, 2.24) is 14.4 Å². The number of hydrogen-bond donors (Lipinski definition) is 2. The average Bonchev–Trinajstić information content (AvgIpc) is 3.00. The van der Waals surface area contributed by atoms with E-state index in [9.17, 15) is 0 Å². The summed E-state index contributed by atoms with van der Waals surface area (Å²) in [6, 6.07) is 11.9. The van der Waals surface area contributed by atoms with E-state index in [0.29, 0.717) is 10.8 Å². The minimum absolute atomic E-state index is 0.449. The number of nitrogens with one attached hydrogen (secondary N) is 1. The zero-order valence-corrected chi connectivity index (χ0v) is 14.8. The second kappa shape index (κ2) is 5.93. The van der Waals surface area contributed by atoms with Crippen molar-refractivity contribution in [1.29, 1.82) is 0 Å². The van der Waals surface area contributed by atoms with Gasteiger partial charge < -0.3 is 11.1 Å². The summed E-state index contributed by atoms with van der Waals surface area (Å²) in [5, 5.41) is 3.97. The second-order valence-corrected chi connectivity index (χ2v) is 6.37. The number of hydrogen-bond acceptors (Lipinski definition) is 4. The maximum absolute atomic E-state index is 6.47. The highest BCUT2D eigenvalue weighted by atomic mass is 35.5. The van der Waals surface area contributed by atoms with Gasteiger partial charge in [-0.25, -0.2) is 9.97 Å². The number of halogens is 1. The first kappa shape index (κ1) is 15.7. The molecular weight excluding hydrogens is 334 g/mol. The Hall–Kier alpha value is -2.79. The topological polar surface area (TPSA) is 68.2 Å². The summed E-state index contributed by atoms with van der Waals surface area (Å²) in [6.45, 7) is 4.93. The van der Waals surface area contributed by atoms with Crippen LogP contribution in [0.3, 0.4) is 0 Å². The van der Waals surface area contributed by atoms with Gasteiger partial charge in [-0.2, -0.15) is 0 Å². The van der Waals surface area contributed by atoms with Gasteiger partial charge in [0.1, 0.15) is 17.2 Å². The van der Waals surface area contributed by atoms with Gasteiger partial charge in [0.25, 0.3) is 0 Å². The lowest BCUT2D eigenvalue weighted by Crippen LogP contribution is -2.02. The molecule has 0 unspecified atom stereocenters. The summed E-state index contributed by atoms with van der Waals surface area (Å²) < 4.78 is 2.03. The third-order valence-corrected chi connectivity index (χ3v) is 4.62. The van der Waals surface area contributed by atoms with Crippen LogP contribution < -0.4 is 11.1 Å². The van der Waals surface area contributed by atoms with E-state index in [-0.39, 0.29) is 0 Å². The van der Waals surface area contributed by atoms with Crippen molar-refractivity contribution in [2.75, 3.05) is 17.6 Å². The van der Waals surface area contributed by atoms with Crippen molar-refractivity contribution in [2.24, 2.45) is 0 Å². The van der Waals surface area contributed by atoms with Crippen molar-refractivity contribution >= 4 is 39.7 Å². The number of nitrogens with zero attached hydrogens (tertiary/aromatic N) is 3. The summed E-state index contributed by atoms with van der Waals surface area (Å²) in [6.07, 6.45) is 1.75. The third kappa shape index (κ3) is 2.48. The summed E-state index contributed by atoms with van der Waals surface area (Å²) in [7, 11) is 0. The molecule has 2 aromatic carbocycles. The van der Waals surface area contributed by atoms with Crippen LogP contribution in [0.2, 0.25) is 5.02 Å². The Labute approximate surface area is 150 Å². The number of nitrogen functional groups attached to an aromatic ring is 1. The molecule has 0 spiro atoms. The van der Waals surface area contributed by atoms with Crippen molar-refractivity contribution in [2.45, 2.75) is 13.8 Å². The number of imidazole rings is 1. The lowest BCUT2D eigenvalue weighted by molar-refractivity contribution is 1.18. The number of nitrogens with two attached hydrogens (primary N) is 1. The Morgan fingerprint density at radius 2 is 2.04 bits per heavy atom. The van der Waals surface area contributed by atoms with E-state index in [1.807, 2.05) is 47.7 Å². The van der Waals surface area contributed by atoms with Crippen LogP contribution in [-0.2, 0) is 0 Å². The van der Waals surface area contributed by atoms with Gasteiger partial charge in [-0.3, -0.25) is 4.40 Å². The lowest BCUT2D eigenvalue weighted by atomic mass is 10.1. The Bertz CT molecular complexity index is 1080. The van der Waals surface area contributed by atoms with Crippen LogP contribution in [0.4, 0.5) is 11.5 Å². The van der Waals surface area contributed by atoms with Gasteiger partial charge in [-0.1, -0.05) is 23.7 Å². The molecule has 0 saturated carbocycles. The van der Waals surface area contributed by atoms with Gasteiger partial charge in [0.2, 0.25) is 0 Å². The van der Waals surface area contributed by atoms with Crippen molar-refractivity contribution in [3.63, 3.8) is 0 Å². The van der Waals surface area contributed by atoms with Crippen molar-refractivity contribution < 1.29 is 0 Å². The van der Waals surface area contributed by atoms with Crippen LogP contribution in [0, 0.1) is 6.92 Å². The number of rotatable bonds is 3.